The molecule has 88 valence electrons. The molecule has 0 atom stereocenters. The monoisotopic (exact) mass is 235 g/mol. The molecule has 0 aliphatic heterocycles. The van der Waals surface area contributed by atoms with Crippen LogP contribution in [0.15, 0.2) is 18.2 Å². The zero-order valence-corrected chi connectivity index (χ0v) is 11.6. The Morgan fingerprint density at radius 2 is 2.06 bits per heavy atom. The van der Waals surface area contributed by atoms with Crippen LogP contribution in [0.1, 0.15) is 39.2 Å². The van der Waals surface area contributed by atoms with Crippen LogP contribution in [0.4, 0.5) is 5.69 Å². The number of nitrogens with two attached hydrogens (primary N) is 1. The number of nitrogen functional groups attached to an aromatic ring is 1. The van der Waals surface area contributed by atoms with Gasteiger partial charge in [-0.05, 0) is 30.5 Å². The van der Waals surface area contributed by atoms with E-state index in [9.17, 15) is 0 Å². The third-order valence-electron chi connectivity index (χ3n) is 2.64. The predicted octanol–water partition coefficient (Wildman–Crippen LogP) is 3.57. The Morgan fingerprint density at radius 3 is 2.69 bits per heavy atom. The van der Waals surface area contributed by atoms with Crippen LogP contribution in [0.5, 0.6) is 5.75 Å². The Balaban J connectivity index is 2.64. The molecular weight excluding hydrogens is 214 g/mol. The van der Waals surface area contributed by atoms with Gasteiger partial charge in [0, 0.05) is 11.3 Å². The van der Waals surface area contributed by atoms with Crippen molar-refractivity contribution in [2.75, 3.05) is 5.73 Å². The summed E-state index contributed by atoms with van der Waals surface area (Å²) in [5, 5.41) is 0.256. The van der Waals surface area contributed by atoms with Crippen molar-refractivity contribution < 1.29 is 4.43 Å². The van der Waals surface area contributed by atoms with E-state index in [-0.39, 0.29) is 5.04 Å². The molecule has 0 bridgehead atoms. The van der Waals surface area contributed by atoms with Crippen molar-refractivity contribution in [1.29, 1.82) is 0 Å². The van der Waals surface area contributed by atoms with E-state index in [1.807, 2.05) is 25.1 Å². The van der Waals surface area contributed by atoms with Gasteiger partial charge in [0.2, 0.25) is 0 Å². The fourth-order valence-corrected chi connectivity index (χ4v) is 2.57. The van der Waals surface area contributed by atoms with E-state index < -0.39 is 0 Å². The van der Waals surface area contributed by atoms with Crippen LogP contribution in [0, 0.1) is 6.92 Å². The Kier molecular flexibility index (Phi) is 4.41. The SMILES string of the molecule is CCCC(C)(C)[Si]Oc1cccc(N)c1C. The Morgan fingerprint density at radius 1 is 1.38 bits per heavy atom. The molecule has 2 nitrogen and oxygen atoms in total. The molecule has 2 radical (unpaired) electrons. The molecule has 2 N–H and O–H groups in total. The minimum Gasteiger partial charge on any atom is -0.540 e. The summed E-state index contributed by atoms with van der Waals surface area (Å²) in [4.78, 5) is 0. The lowest BCUT2D eigenvalue weighted by Gasteiger charge is -2.22. The molecule has 0 aliphatic carbocycles. The lowest BCUT2D eigenvalue weighted by Crippen LogP contribution is -2.19. The summed E-state index contributed by atoms with van der Waals surface area (Å²) in [7, 11) is 0.480. The minimum atomic E-state index is 0.256. The van der Waals surface area contributed by atoms with Crippen molar-refractivity contribution in [2.24, 2.45) is 0 Å². The van der Waals surface area contributed by atoms with Crippen LogP contribution >= 0.6 is 0 Å². The molecule has 16 heavy (non-hydrogen) atoms. The van der Waals surface area contributed by atoms with E-state index in [0.717, 1.165) is 17.0 Å². The maximum absolute atomic E-state index is 5.88. The number of anilines is 1. The highest BCUT2D eigenvalue weighted by atomic mass is 28.2. The predicted molar refractivity (Wildman–Crippen MR) is 70.9 cm³/mol. The topological polar surface area (TPSA) is 35.2 Å². The Labute approximate surface area is 101 Å². The molecule has 0 amide bonds. The second-order valence-corrected chi connectivity index (χ2v) is 6.57. The summed E-state index contributed by atoms with van der Waals surface area (Å²) >= 11 is 0. The van der Waals surface area contributed by atoms with Gasteiger partial charge in [0.1, 0.15) is 5.75 Å². The molecule has 0 aromatic heterocycles. The first-order chi connectivity index (χ1) is 7.46. The molecule has 3 heteroatoms. The number of rotatable bonds is 5. The van der Waals surface area contributed by atoms with Crippen molar-refractivity contribution in [3.63, 3.8) is 0 Å². The van der Waals surface area contributed by atoms with E-state index in [2.05, 4.69) is 20.8 Å². The average Bonchev–Trinajstić information content (AvgIpc) is 2.20. The lowest BCUT2D eigenvalue weighted by molar-refractivity contribution is 0.498. The van der Waals surface area contributed by atoms with E-state index in [1.165, 1.54) is 12.8 Å². The quantitative estimate of drug-likeness (QED) is 0.625. The zero-order valence-electron chi connectivity index (χ0n) is 10.6. The summed E-state index contributed by atoms with van der Waals surface area (Å²) in [5.41, 5.74) is 7.69. The number of hydrogen-bond acceptors (Lipinski definition) is 2. The van der Waals surface area contributed by atoms with Crippen LogP contribution in [0.3, 0.4) is 0 Å². The Hall–Kier alpha value is -0.963. The first kappa shape index (κ1) is 13.1. The van der Waals surface area contributed by atoms with Gasteiger partial charge in [0.15, 0.2) is 0 Å². The van der Waals surface area contributed by atoms with Gasteiger partial charge < -0.3 is 10.2 Å². The number of hydrogen-bond donors (Lipinski definition) is 1. The summed E-state index contributed by atoms with van der Waals surface area (Å²) < 4.78 is 5.88. The van der Waals surface area contributed by atoms with Crippen LogP contribution in [-0.4, -0.2) is 9.76 Å². The maximum atomic E-state index is 5.88. The third kappa shape index (κ3) is 3.56. The highest BCUT2D eigenvalue weighted by molar-refractivity contribution is 6.33. The van der Waals surface area contributed by atoms with Crippen molar-refractivity contribution in [1.82, 2.24) is 0 Å². The molecule has 1 rings (SSSR count). The van der Waals surface area contributed by atoms with Gasteiger partial charge in [-0.2, -0.15) is 0 Å². The van der Waals surface area contributed by atoms with Gasteiger partial charge in [-0.3, -0.25) is 0 Å². The minimum absolute atomic E-state index is 0.256. The summed E-state index contributed by atoms with van der Waals surface area (Å²) in [6.45, 7) is 8.70. The van der Waals surface area contributed by atoms with Gasteiger partial charge in [-0.1, -0.05) is 33.3 Å². The van der Waals surface area contributed by atoms with E-state index >= 15 is 0 Å². The molecule has 0 saturated heterocycles. The highest BCUT2D eigenvalue weighted by Crippen LogP contribution is 2.31. The molecule has 1 aromatic carbocycles. The van der Waals surface area contributed by atoms with Crippen LogP contribution in [0.2, 0.25) is 5.04 Å². The van der Waals surface area contributed by atoms with Gasteiger partial charge in [-0.25, -0.2) is 0 Å². The molecule has 0 spiro atoms. The van der Waals surface area contributed by atoms with Gasteiger partial charge in [-0.15, -0.1) is 0 Å². The van der Waals surface area contributed by atoms with E-state index in [0.29, 0.717) is 9.76 Å². The summed E-state index contributed by atoms with van der Waals surface area (Å²) in [6, 6.07) is 5.83. The molecule has 0 fully saturated rings. The fraction of sp³-hybridized carbons (Fsp3) is 0.538. The average molecular weight is 235 g/mol. The lowest BCUT2D eigenvalue weighted by atomic mass is 10.1. The highest BCUT2D eigenvalue weighted by Gasteiger charge is 2.21. The third-order valence-corrected chi connectivity index (χ3v) is 3.76. The first-order valence-corrected chi connectivity index (χ1v) is 6.66. The van der Waals surface area contributed by atoms with Crippen LogP contribution in [0.25, 0.3) is 0 Å². The second kappa shape index (κ2) is 5.39. The van der Waals surface area contributed by atoms with Crippen molar-refractivity contribution in [3.8, 4) is 5.75 Å². The number of benzene rings is 1. The van der Waals surface area contributed by atoms with Crippen molar-refractivity contribution in [3.05, 3.63) is 23.8 Å². The zero-order chi connectivity index (χ0) is 12.2. The first-order valence-electron chi connectivity index (χ1n) is 5.75. The normalized spacial score (nSPS) is 11.5. The molecule has 1 aromatic rings. The van der Waals surface area contributed by atoms with E-state index in [4.69, 9.17) is 10.2 Å². The van der Waals surface area contributed by atoms with Gasteiger partial charge in [0.05, 0.1) is 0 Å². The van der Waals surface area contributed by atoms with Gasteiger partial charge in [0.25, 0.3) is 0 Å². The summed E-state index contributed by atoms with van der Waals surface area (Å²) in [5.74, 6) is 0.919. The molecule has 0 unspecified atom stereocenters. The largest absolute Gasteiger partial charge is 0.540 e. The second-order valence-electron chi connectivity index (χ2n) is 4.81. The van der Waals surface area contributed by atoms with E-state index in [1.54, 1.807) is 0 Å². The molecular formula is C13H21NOSi. The van der Waals surface area contributed by atoms with Crippen molar-refractivity contribution in [2.45, 2.75) is 45.6 Å². The van der Waals surface area contributed by atoms with Crippen molar-refractivity contribution >= 4 is 15.5 Å². The molecule has 0 heterocycles. The maximum Gasteiger partial charge on any atom is 0.317 e. The fourth-order valence-electron chi connectivity index (χ4n) is 1.61. The standard InChI is InChI=1S/C13H21NOSi/c1-5-9-13(3,4)16-15-12-8-6-7-11(14)10(12)2/h6-8H,5,9,14H2,1-4H3. The smallest absolute Gasteiger partial charge is 0.317 e. The molecule has 0 saturated carbocycles. The van der Waals surface area contributed by atoms with Crippen LogP contribution in [-0.2, 0) is 0 Å². The summed E-state index contributed by atoms with van der Waals surface area (Å²) in [6.07, 6.45) is 2.38. The van der Waals surface area contributed by atoms with Gasteiger partial charge >= 0.3 is 9.76 Å². The molecule has 0 aliphatic rings. The Bertz CT molecular complexity index is 350. The van der Waals surface area contributed by atoms with Crippen LogP contribution < -0.4 is 10.2 Å².